The highest BCUT2D eigenvalue weighted by Gasteiger charge is 2.19. The van der Waals surface area contributed by atoms with E-state index in [1.165, 1.54) is 6.33 Å². The minimum Gasteiger partial charge on any atom is -0.393 e. The lowest BCUT2D eigenvalue weighted by Crippen LogP contribution is -2.45. The van der Waals surface area contributed by atoms with Gasteiger partial charge in [0.15, 0.2) is 11.6 Å². The molecule has 0 atom stereocenters. The van der Waals surface area contributed by atoms with Gasteiger partial charge in [0.1, 0.15) is 12.0 Å². The number of nitrogens with two attached hydrogens (primary N) is 1. The van der Waals surface area contributed by atoms with Crippen molar-refractivity contribution in [2.45, 2.75) is 0 Å². The fourth-order valence-electron chi connectivity index (χ4n) is 2.55. The zero-order valence-electron chi connectivity index (χ0n) is 13.9. The SMILES string of the molecule is CN1CCN(c2ncnc(NNC(=O)c3ccc(Br)cc3)c2N)CC1. The normalized spacial score (nSPS) is 15.0. The molecule has 0 aliphatic carbocycles. The lowest BCUT2D eigenvalue weighted by Gasteiger charge is -2.33. The van der Waals surface area contributed by atoms with Crippen LogP contribution in [-0.4, -0.2) is 54.0 Å². The van der Waals surface area contributed by atoms with Gasteiger partial charge in [0.05, 0.1) is 0 Å². The zero-order valence-corrected chi connectivity index (χ0v) is 15.5. The highest BCUT2D eigenvalue weighted by atomic mass is 79.9. The van der Waals surface area contributed by atoms with E-state index in [9.17, 15) is 4.79 Å². The molecule has 0 spiro atoms. The molecule has 1 aliphatic rings. The first-order chi connectivity index (χ1) is 12.0. The summed E-state index contributed by atoms with van der Waals surface area (Å²) in [6.07, 6.45) is 1.44. The molecule has 0 radical (unpaired) electrons. The minimum absolute atomic E-state index is 0.272. The number of carbonyl (C=O) groups is 1. The maximum absolute atomic E-state index is 12.2. The Labute approximate surface area is 154 Å². The van der Waals surface area contributed by atoms with Gasteiger partial charge >= 0.3 is 0 Å². The first-order valence-corrected chi connectivity index (χ1v) is 8.70. The molecule has 25 heavy (non-hydrogen) atoms. The van der Waals surface area contributed by atoms with E-state index in [-0.39, 0.29) is 5.91 Å². The molecule has 8 nitrogen and oxygen atoms in total. The second kappa shape index (κ2) is 7.66. The second-order valence-corrected chi connectivity index (χ2v) is 6.75. The number of nitrogens with zero attached hydrogens (tertiary/aromatic N) is 4. The van der Waals surface area contributed by atoms with E-state index in [4.69, 9.17) is 5.73 Å². The van der Waals surface area contributed by atoms with Gasteiger partial charge in [-0.25, -0.2) is 9.97 Å². The van der Waals surface area contributed by atoms with Crippen LogP contribution >= 0.6 is 15.9 Å². The van der Waals surface area contributed by atoms with Crippen molar-refractivity contribution in [3.63, 3.8) is 0 Å². The molecule has 1 saturated heterocycles. The first-order valence-electron chi connectivity index (χ1n) is 7.90. The molecule has 1 amide bonds. The van der Waals surface area contributed by atoms with Gasteiger partial charge < -0.3 is 15.5 Å². The Morgan fingerprint density at radius 1 is 1.16 bits per heavy atom. The van der Waals surface area contributed by atoms with Crippen LogP contribution in [0.25, 0.3) is 0 Å². The van der Waals surface area contributed by atoms with Gasteiger partial charge in [0, 0.05) is 36.2 Å². The average Bonchev–Trinajstić information content (AvgIpc) is 2.62. The summed E-state index contributed by atoms with van der Waals surface area (Å²) in [6.45, 7) is 3.60. The van der Waals surface area contributed by atoms with Gasteiger partial charge in [0.25, 0.3) is 5.91 Å². The lowest BCUT2D eigenvalue weighted by molar-refractivity contribution is 0.0962. The van der Waals surface area contributed by atoms with Crippen LogP contribution in [0.2, 0.25) is 0 Å². The van der Waals surface area contributed by atoms with Crippen LogP contribution in [0, 0.1) is 0 Å². The summed E-state index contributed by atoms with van der Waals surface area (Å²) in [7, 11) is 2.09. The quantitative estimate of drug-likeness (QED) is 0.659. The first kappa shape index (κ1) is 17.4. The number of anilines is 3. The highest BCUT2D eigenvalue weighted by molar-refractivity contribution is 9.10. The third kappa shape index (κ3) is 4.18. The summed E-state index contributed by atoms with van der Waals surface area (Å²) in [5, 5.41) is 0. The van der Waals surface area contributed by atoms with Gasteiger partial charge in [-0.2, -0.15) is 0 Å². The van der Waals surface area contributed by atoms with E-state index in [1.807, 2.05) is 0 Å². The Kier molecular flexibility index (Phi) is 5.34. The maximum Gasteiger partial charge on any atom is 0.269 e. The van der Waals surface area contributed by atoms with Crippen molar-refractivity contribution in [3.8, 4) is 0 Å². The Morgan fingerprint density at radius 3 is 2.52 bits per heavy atom. The molecule has 1 fully saturated rings. The van der Waals surface area contributed by atoms with Crippen molar-refractivity contribution in [3.05, 3.63) is 40.6 Å². The van der Waals surface area contributed by atoms with Gasteiger partial charge in [-0.3, -0.25) is 15.6 Å². The van der Waals surface area contributed by atoms with Crippen LogP contribution in [0.3, 0.4) is 0 Å². The van der Waals surface area contributed by atoms with Crippen LogP contribution in [-0.2, 0) is 0 Å². The molecule has 1 aromatic heterocycles. The molecular weight excluding hydrogens is 386 g/mol. The predicted molar refractivity (Wildman–Crippen MR) is 101 cm³/mol. The topological polar surface area (TPSA) is 99.4 Å². The maximum atomic E-state index is 12.2. The summed E-state index contributed by atoms with van der Waals surface area (Å²) >= 11 is 3.34. The summed E-state index contributed by atoms with van der Waals surface area (Å²) in [6, 6.07) is 7.05. The summed E-state index contributed by atoms with van der Waals surface area (Å²) in [5.74, 6) is 0.796. The number of hydrazine groups is 1. The number of benzene rings is 1. The number of hydrogen-bond acceptors (Lipinski definition) is 7. The van der Waals surface area contributed by atoms with Crippen LogP contribution in [0.15, 0.2) is 35.1 Å². The molecule has 9 heteroatoms. The fourth-order valence-corrected chi connectivity index (χ4v) is 2.81. The van der Waals surface area contributed by atoms with Crippen molar-refractivity contribution >= 4 is 39.2 Å². The number of piperazine rings is 1. The van der Waals surface area contributed by atoms with E-state index in [0.29, 0.717) is 22.9 Å². The third-order valence-corrected chi connectivity index (χ3v) is 4.60. The predicted octanol–water partition coefficient (Wildman–Crippen LogP) is 1.33. The van der Waals surface area contributed by atoms with E-state index >= 15 is 0 Å². The molecule has 0 bridgehead atoms. The van der Waals surface area contributed by atoms with Crippen molar-refractivity contribution in [1.29, 1.82) is 0 Å². The number of likely N-dealkylation sites (N-methyl/N-ethyl adjacent to an activating group) is 1. The number of amides is 1. The zero-order chi connectivity index (χ0) is 17.8. The molecule has 0 saturated carbocycles. The van der Waals surface area contributed by atoms with Gasteiger partial charge in [-0.15, -0.1) is 0 Å². The van der Waals surface area contributed by atoms with Gasteiger partial charge in [-0.05, 0) is 31.3 Å². The lowest BCUT2D eigenvalue weighted by atomic mass is 10.2. The number of hydrogen-bond donors (Lipinski definition) is 3. The Balaban J connectivity index is 1.67. The van der Waals surface area contributed by atoms with E-state index < -0.39 is 0 Å². The number of aromatic nitrogens is 2. The largest absolute Gasteiger partial charge is 0.393 e. The smallest absolute Gasteiger partial charge is 0.269 e. The summed E-state index contributed by atoms with van der Waals surface area (Å²) in [4.78, 5) is 25.0. The van der Waals surface area contributed by atoms with Crippen molar-refractivity contribution in [2.24, 2.45) is 0 Å². The fraction of sp³-hybridized carbons (Fsp3) is 0.312. The number of nitrogens with one attached hydrogen (secondary N) is 2. The molecule has 2 aromatic rings. The highest BCUT2D eigenvalue weighted by Crippen LogP contribution is 2.26. The van der Waals surface area contributed by atoms with Crippen LogP contribution in [0.5, 0.6) is 0 Å². The Bertz CT molecular complexity index is 745. The van der Waals surface area contributed by atoms with Crippen LogP contribution in [0.1, 0.15) is 10.4 Å². The molecule has 0 unspecified atom stereocenters. The van der Waals surface area contributed by atoms with Crippen molar-refractivity contribution in [2.75, 3.05) is 49.3 Å². The third-order valence-electron chi connectivity index (χ3n) is 4.07. The molecule has 2 heterocycles. The Hall–Kier alpha value is -2.39. The van der Waals surface area contributed by atoms with Crippen molar-refractivity contribution < 1.29 is 4.79 Å². The minimum atomic E-state index is -0.272. The summed E-state index contributed by atoms with van der Waals surface area (Å²) in [5.41, 5.74) is 12.5. The van der Waals surface area contributed by atoms with Gasteiger partial charge in [-0.1, -0.05) is 15.9 Å². The summed E-state index contributed by atoms with van der Waals surface area (Å²) < 4.78 is 0.911. The number of carbonyl (C=O) groups excluding carboxylic acids is 1. The second-order valence-electron chi connectivity index (χ2n) is 5.84. The monoisotopic (exact) mass is 405 g/mol. The molecular formula is C16H20BrN7O. The Morgan fingerprint density at radius 2 is 1.84 bits per heavy atom. The van der Waals surface area contributed by atoms with E-state index in [1.54, 1.807) is 24.3 Å². The van der Waals surface area contributed by atoms with E-state index in [0.717, 1.165) is 30.7 Å². The standard InChI is InChI=1S/C16H20BrN7O/c1-23-6-8-24(9-7-23)15-13(18)14(19-10-20-15)21-22-16(25)11-2-4-12(17)5-3-11/h2-5,10H,6-9,18H2,1H3,(H,22,25)(H,19,20,21). The average molecular weight is 406 g/mol. The molecule has 1 aromatic carbocycles. The number of nitrogen functional groups attached to an aromatic ring is 1. The molecule has 132 valence electrons. The number of halogens is 1. The molecule has 3 rings (SSSR count). The molecule has 1 aliphatic heterocycles. The van der Waals surface area contributed by atoms with E-state index in [2.05, 4.69) is 53.6 Å². The van der Waals surface area contributed by atoms with Crippen molar-refractivity contribution in [1.82, 2.24) is 20.3 Å². The van der Waals surface area contributed by atoms with Crippen LogP contribution in [0.4, 0.5) is 17.3 Å². The number of rotatable bonds is 4. The van der Waals surface area contributed by atoms with Crippen LogP contribution < -0.4 is 21.5 Å². The van der Waals surface area contributed by atoms with Gasteiger partial charge in [0.2, 0.25) is 0 Å². The molecule has 4 N–H and O–H groups in total.